The van der Waals surface area contributed by atoms with Gasteiger partial charge >= 0.3 is 5.97 Å². The molecule has 1 rings (SSSR count). The molecule has 1 N–H and O–H groups in total. The van der Waals surface area contributed by atoms with Crippen LogP contribution < -0.4 is 0 Å². The molecule has 0 unspecified atom stereocenters. The summed E-state index contributed by atoms with van der Waals surface area (Å²) in [4.78, 5) is 10.4. The van der Waals surface area contributed by atoms with E-state index in [1.54, 1.807) is 0 Å². The number of ether oxygens (including phenoxy) is 1. The zero-order valence-corrected chi connectivity index (χ0v) is 6.16. The fraction of sp³-hybridized carbons (Fsp3) is 0.750. The van der Waals surface area contributed by atoms with E-state index in [1.165, 1.54) is 0 Å². The van der Waals surface area contributed by atoms with E-state index in [2.05, 4.69) is 4.74 Å². The number of halogens is 1. The number of esters is 1. The highest BCUT2D eigenvalue weighted by Gasteiger charge is 2.32. The van der Waals surface area contributed by atoms with E-state index < -0.39 is 6.10 Å². The van der Waals surface area contributed by atoms with Crippen molar-refractivity contribution in [2.45, 2.75) is 10.0 Å². The van der Waals surface area contributed by atoms with Gasteiger partial charge in [-0.1, -0.05) is 22.6 Å². The van der Waals surface area contributed by atoms with E-state index in [9.17, 15) is 4.79 Å². The highest BCUT2D eigenvalue weighted by atomic mass is 127. The molecule has 3 nitrogen and oxygen atoms in total. The number of carbonyl (C=O) groups is 1. The van der Waals surface area contributed by atoms with Crippen LogP contribution in [0.3, 0.4) is 0 Å². The molecule has 0 radical (unpaired) electrons. The summed E-state index contributed by atoms with van der Waals surface area (Å²) in [5.41, 5.74) is 0. The lowest BCUT2D eigenvalue weighted by Gasteiger charge is -1.95. The first kappa shape index (κ1) is 6.28. The largest absolute Gasteiger partial charge is 0.462 e. The van der Waals surface area contributed by atoms with Gasteiger partial charge in [0.2, 0.25) is 0 Å². The van der Waals surface area contributed by atoms with Crippen LogP contribution in [0.4, 0.5) is 0 Å². The lowest BCUT2D eigenvalue weighted by atomic mass is 10.3. The first-order chi connectivity index (χ1) is 3.72. The van der Waals surface area contributed by atoms with Gasteiger partial charge in [-0.2, -0.15) is 0 Å². The molecule has 8 heavy (non-hydrogen) atoms. The van der Waals surface area contributed by atoms with Crippen molar-refractivity contribution < 1.29 is 14.6 Å². The van der Waals surface area contributed by atoms with Crippen LogP contribution in [0.25, 0.3) is 0 Å². The predicted molar refractivity (Wildman–Crippen MR) is 34.8 cm³/mol. The van der Waals surface area contributed by atoms with Crippen LogP contribution in [-0.4, -0.2) is 27.7 Å². The Hall–Kier alpha value is 0.160. The molecule has 1 aliphatic heterocycles. The molecule has 46 valence electrons. The van der Waals surface area contributed by atoms with E-state index in [-0.39, 0.29) is 16.5 Å². The first-order valence-electron chi connectivity index (χ1n) is 2.20. The maximum absolute atomic E-state index is 10.4. The molecule has 0 aromatic carbocycles. The van der Waals surface area contributed by atoms with Crippen LogP contribution in [-0.2, 0) is 9.53 Å². The molecule has 1 aliphatic rings. The highest BCUT2D eigenvalue weighted by molar-refractivity contribution is 14.1. The summed E-state index contributed by atoms with van der Waals surface area (Å²) >= 11 is 1.86. The predicted octanol–water partition coefficient (Wildman–Crippen LogP) is -0.292. The van der Waals surface area contributed by atoms with Crippen molar-refractivity contribution in [3.05, 3.63) is 0 Å². The maximum atomic E-state index is 10.4. The van der Waals surface area contributed by atoms with Gasteiger partial charge in [0, 0.05) is 0 Å². The molecule has 1 saturated heterocycles. The molecule has 0 bridgehead atoms. The Bertz CT molecular complexity index is 114. The van der Waals surface area contributed by atoms with Crippen molar-refractivity contribution in [2.24, 2.45) is 0 Å². The molecule has 0 saturated carbocycles. The molecule has 0 aromatic heterocycles. The van der Waals surface area contributed by atoms with Gasteiger partial charge in [0.1, 0.15) is 16.6 Å². The fourth-order valence-electron chi connectivity index (χ4n) is 0.489. The van der Waals surface area contributed by atoms with Crippen LogP contribution in [0.15, 0.2) is 0 Å². The summed E-state index contributed by atoms with van der Waals surface area (Å²) in [5, 5.41) is 8.81. The number of aliphatic hydroxyl groups excluding tert-OH is 1. The lowest BCUT2D eigenvalue weighted by Crippen LogP contribution is -2.19. The molecule has 0 spiro atoms. The lowest BCUT2D eigenvalue weighted by molar-refractivity contribution is -0.137. The van der Waals surface area contributed by atoms with Crippen LogP contribution in [0, 0.1) is 0 Å². The zero-order chi connectivity index (χ0) is 6.15. The maximum Gasteiger partial charge on any atom is 0.321 e. The standard InChI is InChI=1S/C4H5IO3/c5-3-2(6)1-8-4(3)7/h2-3,6H,1H2/t2-,3+/m0/s1. The van der Waals surface area contributed by atoms with Crippen LogP contribution in [0.2, 0.25) is 0 Å². The number of carbonyl (C=O) groups excluding carboxylic acids is 1. The summed E-state index contributed by atoms with van der Waals surface area (Å²) in [7, 11) is 0. The van der Waals surface area contributed by atoms with E-state index >= 15 is 0 Å². The van der Waals surface area contributed by atoms with E-state index in [0.29, 0.717) is 0 Å². The fourth-order valence-corrected chi connectivity index (χ4v) is 0.876. The molecule has 4 heteroatoms. The molecule has 0 aromatic rings. The number of alkyl halides is 1. The van der Waals surface area contributed by atoms with E-state index in [1.807, 2.05) is 22.6 Å². The average molecular weight is 228 g/mol. The second-order valence-electron chi connectivity index (χ2n) is 1.60. The molecule has 2 atom stereocenters. The van der Waals surface area contributed by atoms with Gasteiger partial charge in [0.05, 0.1) is 0 Å². The molecule has 1 fully saturated rings. The number of hydrogen-bond acceptors (Lipinski definition) is 3. The average Bonchev–Trinajstić information content (AvgIpc) is 1.98. The van der Waals surface area contributed by atoms with Crippen molar-refractivity contribution in [3.8, 4) is 0 Å². The van der Waals surface area contributed by atoms with Crippen LogP contribution >= 0.6 is 22.6 Å². The van der Waals surface area contributed by atoms with Crippen LogP contribution in [0.1, 0.15) is 0 Å². The minimum Gasteiger partial charge on any atom is -0.462 e. The van der Waals surface area contributed by atoms with Gasteiger partial charge < -0.3 is 9.84 Å². The Balaban J connectivity index is 2.56. The van der Waals surface area contributed by atoms with Crippen molar-refractivity contribution >= 4 is 28.6 Å². The second-order valence-corrected chi connectivity index (χ2v) is 2.94. The molecular weight excluding hydrogens is 223 g/mol. The number of aliphatic hydroxyl groups is 1. The van der Waals surface area contributed by atoms with E-state index in [0.717, 1.165) is 0 Å². The Morgan fingerprint density at radius 1 is 1.88 bits per heavy atom. The second kappa shape index (κ2) is 2.18. The van der Waals surface area contributed by atoms with Crippen molar-refractivity contribution in [1.29, 1.82) is 0 Å². The summed E-state index contributed by atoms with van der Waals surface area (Å²) in [6.45, 7) is 0.159. The van der Waals surface area contributed by atoms with Gasteiger partial charge in [0.25, 0.3) is 0 Å². The Labute approximate surface area is 60.2 Å². The number of cyclic esters (lactones) is 1. The molecule has 0 aliphatic carbocycles. The van der Waals surface area contributed by atoms with Gasteiger partial charge in [-0.05, 0) is 0 Å². The number of rotatable bonds is 0. The quantitative estimate of drug-likeness (QED) is 0.352. The van der Waals surface area contributed by atoms with Gasteiger partial charge in [-0.25, -0.2) is 0 Å². The summed E-state index contributed by atoms with van der Waals surface area (Å²) in [6, 6.07) is 0. The summed E-state index contributed by atoms with van der Waals surface area (Å²) < 4.78 is 4.13. The van der Waals surface area contributed by atoms with Crippen molar-refractivity contribution in [1.82, 2.24) is 0 Å². The van der Waals surface area contributed by atoms with E-state index in [4.69, 9.17) is 5.11 Å². The highest BCUT2D eigenvalue weighted by Crippen LogP contribution is 2.15. The smallest absolute Gasteiger partial charge is 0.321 e. The molecule has 0 amide bonds. The van der Waals surface area contributed by atoms with Crippen molar-refractivity contribution in [2.75, 3.05) is 6.61 Å². The molecular formula is C4H5IO3. The Kier molecular flexibility index (Phi) is 1.71. The third-order valence-corrected chi connectivity index (χ3v) is 2.30. The number of hydrogen-bond donors (Lipinski definition) is 1. The zero-order valence-electron chi connectivity index (χ0n) is 4.00. The molecule has 1 heterocycles. The minimum absolute atomic E-state index is 0.159. The van der Waals surface area contributed by atoms with Crippen molar-refractivity contribution in [3.63, 3.8) is 0 Å². The summed E-state index contributed by atoms with van der Waals surface area (Å²) in [6.07, 6.45) is -0.594. The van der Waals surface area contributed by atoms with Gasteiger partial charge in [-0.3, -0.25) is 4.79 Å². The van der Waals surface area contributed by atoms with Crippen LogP contribution in [0.5, 0.6) is 0 Å². The Morgan fingerprint density at radius 2 is 2.50 bits per heavy atom. The Morgan fingerprint density at radius 3 is 2.62 bits per heavy atom. The minimum atomic E-state index is -0.594. The van der Waals surface area contributed by atoms with Gasteiger partial charge in [0.15, 0.2) is 0 Å². The topological polar surface area (TPSA) is 46.5 Å². The monoisotopic (exact) mass is 228 g/mol. The first-order valence-corrected chi connectivity index (χ1v) is 3.45. The third-order valence-electron chi connectivity index (χ3n) is 0.959. The third kappa shape index (κ3) is 0.947. The normalized spacial score (nSPS) is 37.5. The summed E-state index contributed by atoms with van der Waals surface area (Å²) in [5.74, 6) is -0.307. The SMILES string of the molecule is O=C1OC[C@H](O)[C@H]1I. The van der Waals surface area contributed by atoms with Gasteiger partial charge in [-0.15, -0.1) is 0 Å².